The van der Waals surface area contributed by atoms with Crippen LogP contribution >= 0.6 is 22.7 Å². The van der Waals surface area contributed by atoms with Gasteiger partial charge in [-0.15, -0.1) is 22.7 Å². The number of nitriles is 1. The van der Waals surface area contributed by atoms with E-state index < -0.39 is 5.91 Å². The van der Waals surface area contributed by atoms with Crippen molar-refractivity contribution in [3.8, 4) is 16.8 Å². The topological polar surface area (TPSA) is 79.0 Å². The fourth-order valence-corrected chi connectivity index (χ4v) is 5.00. The summed E-state index contributed by atoms with van der Waals surface area (Å²) < 4.78 is 2.04. The highest BCUT2D eigenvalue weighted by Crippen LogP contribution is 2.34. The van der Waals surface area contributed by atoms with Gasteiger partial charge in [-0.05, 0) is 43.0 Å². The van der Waals surface area contributed by atoms with E-state index in [0.717, 1.165) is 30.8 Å². The van der Waals surface area contributed by atoms with Gasteiger partial charge in [0.1, 0.15) is 16.5 Å². The number of fused-ring (bicyclic) bond motifs is 1. The maximum absolute atomic E-state index is 12.8. The highest BCUT2D eigenvalue weighted by molar-refractivity contribution is 7.19. The Morgan fingerprint density at radius 1 is 1.32 bits per heavy atom. The average Bonchev–Trinajstić information content (AvgIpc) is 3.38. The lowest BCUT2D eigenvalue weighted by Crippen LogP contribution is -2.42. The number of aryl methyl sites for hydroxylation is 1. The van der Waals surface area contributed by atoms with Crippen molar-refractivity contribution >= 4 is 50.9 Å². The van der Waals surface area contributed by atoms with Crippen LogP contribution in [0, 0.1) is 11.3 Å². The molecule has 0 unspecified atom stereocenters. The van der Waals surface area contributed by atoms with E-state index in [0.29, 0.717) is 11.1 Å². The van der Waals surface area contributed by atoms with E-state index in [2.05, 4.69) is 0 Å². The van der Waals surface area contributed by atoms with Gasteiger partial charge in [0.05, 0.1) is 10.4 Å². The molecule has 28 heavy (non-hydrogen) atoms. The number of likely N-dealkylation sites (N-methyl/N-ethyl adjacent to an activating group) is 1. The van der Waals surface area contributed by atoms with Crippen molar-refractivity contribution in [1.29, 1.82) is 5.26 Å². The summed E-state index contributed by atoms with van der Waals surface area (Å²) in [5.41, 5.74) is 1.80. The fourth-order valence-electron chi connectivity index (χ4n) is 3.25. The normalized spacial score (nSPS) is 16.5. The highest BCUT2D eigenvalue weighted by atomic mass is 32.1. The van der Waals surface area contributed by atoms with Crippen LogP contribution in [0.4, 0.5) is 0 Å². The molecule has 1 aliphatic heterocycles. The Kier molecular flexibility index (Phi) is 4.49. The first-order valence-corrected chi connectivity index (χ1v) is 10.3. The van der Waals surface area contributed by atoms with E-state index in [-0.39, 0.29) is 18.0 Å². The summed E-state index contributed by atoms with van der Waals surface area (Å²) in [6.45, 7) is 3.60. The van der Waals surface area contributed by atoms with Crippen molar-refractivity contribution in [2.75, 3.05) is 6.54 Å². The lowest BCUT2D eigenvalue weighted by molar-refractivity contribution is -0.140. The standard InChI is InChI=1S/C20H16N4O2S2/c1-4-24-19(25)13(11(2)14(10-21)20(24)26)8-12-9-15-18(28-12)22-17(23(15)3)16-6-5-7-27-16/h5-9H,4H2,1-3H3/b13-8-. The van der Waals surface area contributed by atoms with Gasteiger partial charge in [-0.3, -0.25) is 14.5 Å². The number of nitrogens with zero attached hydrogens (tertiary/aromatic N) is 4. The maximum atomic E-state index is 12.8. The lowest BCUT2D eigenvalue weighted by atomic mass is 9.95. The number of carbonyl (C=O) groups is 2. The van der Waals surface area contributed by atoms with Crippen LogP contribution in [0.15, 0.2) is 40.3 Å². The summed E-state index contributed by atoms with van der Waals surface area (Å²) in [4.78, 5) is 33.7. The Morgan fingerprint density at radius 3 is 2.71 bits per heavy atom. The van der Waals surface area contributed by atoms with Gasteiger partial charge in [-0.1, -0.05) is 6.07 Å². The lowest BCUT2D eigenvalue weighted by Gasteiger charge is -2.26. The number of aromatic nitrogens is 2. The number of hydrogen-bond acceptors (Lipinski definition) is 6. The summed E-state index contributed by atoms with van der Waals surface area (Å²) in [6.07, 6.45) is 1.75. The summed E-state index contributed by atoms with van der Waals surface area (Å²) in [7, 11) is 1.97. The van der Waals surface area contributed by atoms with Crippen molar-refractivity contribution in [3.05, 3.63) is 45.2 Å². The van der Waals surface area contributed by atoms with Crippen molar-refractivity contribution in [1.82, 2.24) is 14.5 Å². The van der Waals surface area contributed by atoms with Gasteiger partial charge >= 0.3 is 0 Å². The van der Waals surface area contributed by atoms with Gasteiger partial charge in [0.15, 0.2) is 5.82 Å². The summed E-state index contributed by atoms with van der Waals surface area (Å²) in [6, 6.07) is 7.96. The average molecular weight is 409 g/mol. The first kappa shape index (κ1) is 18.3. The first-order valence-electron chi connectivity index (χ1n) is 8.65. The second-order valence-electron chi connectivity index (χ2n) is 6.34. The smallest absolute Gasteiger partial charge is 0.271 e. The van der Waals surface area contributed by atoms with Gasteiger partial charge in [-0.2, -0.15) is 5.26 Å². The van der Waals surface area contributed by atoms with Gasteiger partial charge in [-0.25, -0.2) is 4.98 Å². The molecule has 4 heterocycles. The second-order valence-corrected chi connectivity index (χ2v) is 8.35. The molecule has 6 nitrogen and oxygen atoms in total. The van der Waals surface area contributed by atoms with Crippen molar-refractivity contribution in [2.45, 2.75) is 13.8 Å². The maximum Gasteiger partial charge on any atom is 0.271 e. The molecule has 8 heteroatoms. The van der Waals surface area contributed by atoms with Crippen molar-refractivity contribution in [2.24, 2.45) is 7.05 Å². The van der Waals surface area contributed by atoms with Crippen LogP contribution < -0.4 is 0 Å². The highest BCUT2D eigenvalue weighted by Gasteiger charge is 2.34. The number of imidazole rings is 1. The van der Waals surface area contributed by atoms with Crippen LogP contribution in [0.25, 0.3) is 27.1 Å². The summed E-state index contributed by atoms with van der Waals surface area (Å²) in [5.74, 6) is 0.0201. The Labute approximate surface area is 169 Å². The molecule has 0 aromatic carbocycles. The van der Waals surface area contributed by atoms with Crippen LogP contribution in [0.1, 0.15) is 18.7 Å². The molecule has 0 radical (unpaired) electrons. The Bertz CT molecular complexity index is 1220. The second kappa shape index (κ2) is 6.86. The zero-order valence-corrected chi connectivity index (χ0v) is 17.1. The van der Waals surface area contributed by atoms with Crippen LogP contribution in [0.3, 0.4) is 0 Å². The van der Waals surface area contributed by atoms with Crippen molar-refractivity contribution < 1.29 is 9.59 Å². The summed E-state index contributed by atoms with van der Waals surface area (Å²) in [5, 5.41) is 11.4. The minimum atomic E-state index is -0.525. The first-order chi connectivity index (χ1) is 13.5. The van der Waals surface area contributed by atoms with Crippen molar-refractivity contribution in [3.63, 3.8) is 0 Å². The third-order valence-corrected chi connectivity index (χ3v) is 6.60. The minimum Gasteiger partial charge on any atom is -0.326 e. The van der Waals surface area contributed by atoms with Crippen LogP contribution in [0.5, 0.6) is 0 Å². The van der Waals surface area contributed by atoms with Gasteiger partial charge in [0.2, 0.25) is 0 Å². The third kappa shape index (κ3) is 2.71. The molecule has 1 aliphatic rings. The number of imide groups is 1. The molecule has 4 rings (SSSR count). The Morgan fingerprint density at radius 2 is 2.11 bits per heavy atom. The largest absolute Gasteiger partial charge is 0.326 e. The quantitative estimate of drug-likeness (QED) is 0.485. The number of thiophene rings is 2. The third-order valence-electron chi connectivity index (χ3n) is 4.77. The van der Waals surface area contributed by atoms with Gasteiger partial charge in [0, 0.05) is 24.0 Å². The van der Waals surface area contributed by atoms with E-state index in [9.17, 15) is 14.9 Å². The summed E-state index contributed by atoms with van der Waals surface area (Å²) >= 11 is 3.12. The van der Waals surface area contributed by atoms with E-state index in [4.69, 9.17) is 4.98 Å². The van der Waals surface area contributed by atoms with Crippen LogP contribution in [-0.2, 0) is 16.6 Å². The van der Waals surface area contributed by atoms with Crippen LogP contribution in [0.2, 0.25) is 0 Å². The number of carbonyl (C=O) groups excluding carboxylic acids is 2. The molecule has 0 aliphatic carbocycles. The number of amides is 2. The molecule has 0 saturated heterocycles. The van der Waals surface area contributed by atoms with E-state index >= 15 is 0 Å². The molecule has 0 fully saturated rings. The Hall–Kier alpha value is -3.02. The van der Waals surface area contributed by atoms with Crippen LogP contribution in [-0.4, -0.2) is 32.8 Å². The zero-order valence-electron chi connectivity index (χ0n) is 15.5. The minimum absolute atomic E-state index is 0.0203. The van der Waals surface area contributed by atoms with Gasteiger partial charge in [0.25, 0.3) is 11.8 Å². The molecular weight excluding hydrogens is 392 g/mol. The molecule has 3 aromatic rings. The number of rotatable bonds is 3. The molecule has 0 N–H and O–H groups in total. The fraction of sp³-hybridized carbons (Fsp3) is 0.200. The molecule has 0 atom stereocenters. The molecular formula is C20H16N4O2S2. The zero-order chi connectivity index (χ0) is 20.0. The number of hydrogen-bond donors (Lipinski definition) is 0. The molecule has 0 saturated carbocycles. The monoisotopic (exact) mass is 408 g/mol. The molecule has 3 aromatic heterocycles. The van der Waals surface area contributed by atoms with Gasteiger partial charge < -0.3 is 4.57 Å². The molecule has 140 valence electrons. The SMILES string of the molecule is CCN1C(=O)C(C#N)=C(C)/C(=C/c2cc3c(nc(-c4cccs4)n3C)s2)C1=O. The molecule has 0 spiro atoms. The molecule has 0 bridgehead atoms. The van der Waals surface area contributed by atoms with E-state index in [1.165, 1.54) is 11.3 Å². The Balaban J connectivity index is 1.81. The predicted octanol–water partition coefficient (Wildman–Crippen LogP) is 3.98. The predicted molar refractivity (Wildman–Crippen MR) is 111 cm³/mol. The van der Waals surface area contributed by atoms with E-state index in [1.807, 2.05) is 41.3 Å². The molecule has 2 amide bonds. The van der Waals surface area contributed by atoms with E-state index in [1.54, 1.807) is 31.3 Å².